The van der Waals surface area contributed by atoms with Crippen molar-refractivity contribution in [2.45, 2.75) is 85.4 Å². The molecular formula is C18H38O2Si2. The van der Waals surface area contributed by atoms with Crippen molar-refractivity contribution in [1.82, 2.24) is 0 Å². The van der Waals surface area contributed by atoms with Crippen LogP contribution in [0.4, 0.5) is 0 Å². The van der Waals surface area contributed by atoms with Gasteiger partial charge < -0.3 is 9.22 Å². The van der Waals surface area contributed by atoms with Crippen LogP contribution in [-0.2, 0) is 9.22 Å². The lowest BCUT2D eigenvalue weighted by Crippen LogP contribution is -2.47. The molecule has 0 fully saturated rings. The number of hydrogen-bond acceptors (Lipinski definition) is 2. The van der Waals surface area contributed by atoms with Gasteiger partial charge in [0.05, 0.1) is 14.2 Å². The Bertz CT molecular complexity index is 400. The Morgan fingerprint density at radius 3 is 1.77 bits per heavy atom. The maximum Gasteiger partial charge on any atom is 0.192 e. The highest BCUT2D eigenvalue weighted by Gasteiger charge is 2.41. The van der Waals surface area contributed by atoms with Gasteiger partial charge in [-0.05, 0) is 31.0 Å². The summed E-state index contributed by atoms with van der Waals surface area (Å²) in [5, 5.41) is 1.65. The van der Waals surface area contributed by atoms with Crippen molar-refractivity contribution < 1.29 is 9.22 Å². The lowest BCUT2D eigenvalue weighted by atomic mass is 9.94. The molecule has 0 unspecified atom stereocenters. The molecule has 0 heterocycles. The Kier molecular flexibility index (Phi) is 7.51. The van der Waals surface area contributed by atoms with Crippen LogP contribution in [0.3, 0.4) is 0 Å². The molecule has 0 aromatic carbocycles. The van der Waals surface area contributed by atoms with Gasteiger partial charge in [-0.1, -0.05) is 65.5 Å². The Morgan fingerprint density at radius 1 is 1.00 bits per heavy atom. The van der Waals surface area contributed by atoms with E-state index < -0.39 is 16.4 Å². The summed E-state index contributed by atoms with van der Waals surface area (Å²) in [6, 6.07) is 0. The van der Waals surface area contributed by atoms with Crippen LogP contribution in [0.15, 0.2) is 11.3 Å². The number of carbonyl (C=O) groups is 1. The van der Waals surface area contributed by atoms with E-state index in [0.29, 0.717) is 0 Å². The van der Waals surface area contributed by atoms with Gasteiger partial charge in [-0.25, -0.2) is 0 Å². The summed E-state index contributed by atoms with van der Waals surface area (Å²) >= 11 is 0. The average molecular weight is 343 g/mol. The second-order valence-electron chi connectivity index (χ2n) is 9.30. The summed E-state index contributed by atoms with van der Waals surface area (Å²) in [5.74, 6) is 0.191. The molecule has 4 heteroatoms. The molecule has 3 atom stereocenters. The van der Waals surface area contributed by atoms with Gasteiger partial charge in [0.2, 0.25) is 0 Å². The molecule has 0 aliphatic rings. The Morgan fingerprint density at radius 2 is 1.45 bits per heavy atom. The molecule has 0 saturated heterocycles. The third-order valence-electron chi connectivity index (χ3n) is 5.18. The highest BCUT2D eigenvalue weighted by Crippen LogP contribution is 2.39. The van der Waals surface area contributed by atoms with Crippen molar-refractivity contribution in [2.24, 2.45) is 11.8 Å². The predicted octanol–water partition coefficient (Wildman–Crippen LogP) is 5.67. The molecule has 0 amide bonds. The van der Waals surface area contributed by atoms with Crippen LogP contribution in [0.25, 0.3) is 0 Å². The number of rotatable bonds is 7. The van der Waals surface area contributed by atoms with Crippen molar-refractivity contribution >= 4 is 22.7 Å². The first-order valence-electron chi connectivity index (χ1n) is 8.45. The van der Waals surface area contributed by atoms with Gasteiger partial charge in [-0.3, -0.25) is 0 Å². The normalized spacial score (nSPS) is 18.8. The quantitative estimate of drug-likeness (QED) is 0.440. The maximum atomic E-state index is 11.4. The van der Waals surface area contributed by atoms with Crippen molar-refractivity contribution in [3.8, 4) is 0 Å². The number of aldehydes is 1. The van der Waals surface area contributed by atoms with E-state index in [-0.39, 0.29) is 23.0 Å². The van der Waals surface area contributed by atoms with Crippen molar-refractivity contribution in [1.29, 1.82) is 0 Å². The highest BCUT2D eigenvalue weighted by atomic mass is 28.4. The molecule has 0 radical (unpaired) electrons. The maximum absolute atomic E-state index is 11.4. The fourth-order valence-electron chi connectivity index (χ4n) is 2.03. The summed E-state index contributed by atoms with van der Waals surface area (Å²) in [5.41, 5.74) is 0. The SMILES string of the molecule is C/C(=C\[C@H](C)[C@@H](O[Si](C)(C)C(C)(C)C)[C@@H](C)C=O)[Si](C)(C)C. The van der Waals surface area contributed by atoms with Crippen LogP contribution in [0, 0.1) is 11.8 Å². The van der Waals surface area contributed by atoms with Crippen LogP contribution in [-0.4, -0.2) is 28.8 Å². The summed E-state index contributed by atoms with van der Waals surface area (Å²) in [6.45, 7) is 24.8. The van der Waals surface area contributed by atoms with Gasteiger partial charge in [0.15, 0.2) is 8.32 Å². The van der Waals surface area contributed by atoms with E-state index in [1.165, 1.54) is 5.20 Å². The molecule has 0 aliphatic carbocycles. The predicted molar refractivity (Wildman–Crippen MR) is 104 cm³/mol. The van der Waals surface area contributed by atoms with Crippen LogP contribution in [0.5, 0.6) is 0 Å². The summed E-state index contributed by atoms with van der Waals surface area (Å²) in [6.07, 6.45) is 3.38. The largest absolute Gasteiger partial charge is 0.413 e. The summed E-state index contributed by atoms with van der Waals surface area (Å²) < 4.78 is 6.61. The first-order valence-corrected chi connectivity index (χ1v) is 14.9. The Balaban J connectivity index is 5.45. The minimum absolute atomic E-state index is 0.0234. The number of hydrogen-bond donors (Lipinski definition) is 0. The van der Waals surface area contributed by atoms with Crippen LogP contribution in [0.1, 0.15) is 41.5 Å². The molecular weight excluding hydrogens is 304 g/mol. The molecule has 0 saturated carbocycles. The monoisotopic (exact) mass is 342 g/mol. The van der Waals surface area contributed by atoms with Crippen LogP contribution < -0.4 is 0 Å². The lowest BCUT2D eigenvalue weighted by molar-refractivity contribution is -0.113. The molecule has 130 valence electrons. The molecule has 0 N–H and O–H groups in total. The minimum Gasteiger partial charge on any atom is -0.413 e. The van der Waals surface area contributed by atoms with Gasteiger partial charge in [0.25, 0.3) is 0 Å². The molecule has 0 rings (SSSR count). The first kappa shape index (κ1) is 21.8. The van der Waals surface area contributed by atoms with E-state index in [4.69, 9.17) is 4.43 Å². The zero-order valence-corrected chi connectivity index (χ0v) is 18.7. The Hall–Kier alpha value is -0.196. The summed E-state index contributed by atoms with van der Waals surface area (Å²) in [7, 11) is -3.16. The third kappa shape index (κ3) is 6.13. The average Bonchev–Trinajstić information content (AvgIpc) is 2.32. The molecule has 0 bridgehead atoms. The van der Waals surface area contributed by atoms with Crippen LogP contribution in [0.2, 0.25) is 37.8 Å². The van der Waals surface area contributed by atoms with E-state index in [1.54, 1.807) is 0 Å². The molecule has 0 spiro atoms. The second-order valence-corrected chi connectivity index (χ2v) is 19.3. The van der Waals surface area contributed by atoms with Gasteiger partial charge in [-0.2, -0.15) is 0 Å². The highest BCUT2D eigenvalue weighted by molar-refractivity contribution is 6.82. The standard InChI is InChI=1S/C18H38O2Si2/c1-14(12-16(3)21(7,8)9)17(15(2)13-19)20-22(10,11)18(4,5)6/h12-15,17H,1-11H3/b16-12+/t14-,15-,17+/m0/s1. The van der Waals surface area contributed by atoms with E-state index >= 15 is 0 Å². The first-order chi connectivity index (χ1) is 9.63. The molecule has 22 heavy (non-hydrogen) atoms. The fourth-order valence-corrected chi connectivity index (χ4v) is 4.25. The van der Waals surface area contributed by atoms with Crippen molar-refractivity contribution in [3.05, 3.63) is 11.3 Å². The van der Waals surface area contributed by atoms with Crippen molar-refractivity contribution in [2.75, 3.05) is 0 Å². The van der Waals surface area contributed by atoms with Gasteiger partial charge in [0, 0.05) is 5.92 Å². The van der Waals surface area contributed by atoms with E-state index in [9.17, 15) is 4.79 Å². The number of allylic oxidation sites excluding steroid dienone is 1. The van der Waals surface area contributed by atoms with E-state index in [1.807, 2.05) is 6.92 Å². The zero-order valence-electron chi connectivity index (χ0n) is 16.7. The van der Waals surface area contributed by atoms with Gasteiger partial charge in [0.1, 0.15) is 6.29 Å². The number of carbonyl (C=O) groups excluding carboxylic acids is 1. The van der Waals surface area contributed by atoms with Crippen molar-refractivity contribution in [3.63, 3.8) is 0 Å². The Labute approximate surface area is 140 Å². The molecule has 2 nitrogen and oxygen atoms in total. The third-order valence-corrected chi connectivity index (χ3v) is 12.2. The second kappa shape index (κ2) is 7.58. The minimum atomic E-state index is -1.88. The topological polar surface area (TPSA) is 26.3 Å². The van der Waals surface area contributed by atoms with Crippen LogP contribution >= 0.6 is 0 Å². The van der Waals surface area contributed by atoms with E-state index in [0.717, 1.165) is 6.29 Å². The zero-order chi connectivity index (χ0) is 17.9. The van der Waals surface area contributed by atoms with Gasteiger partial charge >= 0.3 is 0 Å². The lowest BCUT2D eigenvalue weighted by Gasteiger charge is -2.41. The smallest absolute Gasteiger partial charge is 0.192 e. The molecule has 0 aliphatic heterocycles. The van der Waals surface area contributed by atoms with E-state index in [2.05, 4.69) is 73.4 Å². The molecule has 0 aromatic heterocycles. The summed E-state index contributed by atoms with van der Waals surface area (Å²) in [4.78, 5) is 11.4. The van der Waals surface area contributed by atoms with Gasteiger partial charge in [-0.15, -0.1) is 0 Å². The molecule has 0 aromatic rings. The fraction of sp³-hybridized carbons (Fsp3) is 0.833.